The molecule has 1 aliphatic heterocycles. The van der Waals surface area contributed by atoms with Crippen LogP contribution < -0.4 is 4.74 Å². The van der Waals surface area contributed by atoms with Crippen LogP contribution in [0.5, 0.6) is 5.75 Å². The monoisotopic (exact) mass is 289 g/mol. The topological polar surface area (TPSA) is 48.4 Å². The summed E-state index contributed by atoms with van der Waals surface area (Å²) in [6.45, 7) is 2.50. The number of fused-ring (bicyclic) bond motifs is 1. The molecular formula is C15H15NO3S. The Morgan fingerprint density at radius 2 is 2.25 bits per heavy atom. The number of methoxy groups -OCH3 is 1. The van der Waals surface area contributed by atoms with Gasteiger partial charge in [-0.2, -0.15) is 0 Å². The van der Waals surface area contributed by atoms with E-state index in [0.29, 0.717) is 12.3 Å². The molecule has 3 rings (SSSR count). The van der Waals surface area contributed by atoms with Crippen LogP contribution in [0.1, 0.15) is 31.9 Å². The molecule has 4 nitrogen and oxygen atoms in total. The quantitative estimate of drug-likeness (QED) is 0.798. The van der Waals surface area contributed by atoms with Gasteiger partial charge < -0.3 is 9.47 Å². The molecule has 1 aromatic carbocycles. The van der Waals surface area contributed by atoms with Crippen molar-refractivity contribution in [3.05, 3.63) is 45.4 Å². The summed E-state index contributed by atoms with van der Waals surface area (Å²) in [5.74, 6) is 0.777. The molecule has 20 heavy (non-hydrogen) atoms. The number of rotatable bonds is 2. The van der Waals surface area contributed by atoms with E-state index in [0.717, 1.165) is 22.1 Å². The highest BCUT2D eigenvalue weighted by atomic mass is 32.1. The molecule has 1 aliphatic rings. The van der Waals surface area contributed by atoms with Crippen molar-refractivity contribution in [1.29, 1.82) is 0 Å². The third kappa shape index (κ3) is 2.29. The first kappa shape index (κ1) is 13.1. The summed E-state index contributed by atoms with van der Waals surface area (Å²) in [6, 6.07) is 8.04. The number of esters is 1. The lowest BCUT2D eigenvalue weighted by Gasteiger charge is -2.23. The summed E-state index contributed by atoms with van der Waals surface area (Å²) >= 11 is 1.55. The maximum atomic E-state index is 11.6. The smallest absolute Gasteiger partial charge is 0.357 e. The van der Waals surface area contributed by atoms with E-state index in [1.165, 1.54) is 12.7 Å². The zero-order valence-corrected chi connectivity index (χ0v) is 12.2. The summed E-state index contributed by atoms with van der Waals surface area (Å²) in [6.07, 6.45) is 0.893. The fraction of sp³-hybridized carbons (Fsp3) is 0.333. The fourth-order valence-corrected chi connectivity index (χ4v) is 3.36. The Morgan fingerprint density at radius 1 is 1.45 bits per heavy atom. The van der Waals surface area contributed by atoms with Crippen LogP contribution in [0.3, 0.4) is 0 Å². The number of hydrogen-bond acceptors (Lipinski definition) is 5. The average molecular weight is 289 g/mol. The molecule has 0 spiro atoms. The molecule has 0 saturated heterocycles. The number of thiazole rings is 1. The number of carbonyl (C=O) groups is 1. The first-order valence-electron chi connectivity index (χ1n) is 6.45. The second-order valence-corrected chi connectivity index (χ2v) is 6.00. The molecule has 1 unspecified atom stereocenters. The van der Waals surface area contributed by atoms with Gasteiger partial charge in [0, 0.05) is 10.8 Å². The van der Waals surface area contributed by atoms with Crippen molar-refractivity contribution in [2.24, 2.45) is 0 Å². The molecule has 5 heteroatoms. The molecule has 0 amide bonds. The number of aromatic nitrogens is 1. The Balaban J connectivity index is 1.87. The minimum Gasteiger partial charge on any atom is -0.493 e. The predicted octanol–water partition coefficient (Wildman–Crippen LogP) is 2.96. The van der Waals surface area contributed by atoms with Crippen LogP contribution in [-0.2, 0) is 11.2 Å². The van der Waals surface area contributed by atoms with Gasteiger partial charge in [0.2, 0.25) is 0 Å². The van der Waals surface area contributed by atoms with E-state index in [1.54, 1.807) is 11.3 Å². The van der Waals surface area contributed by atoms with E-state index in [2.05, 4.69) is 11.1 Å². The van der Waals surface area contributed by atoms with Gasteiger partial charge in [0.05, 0.1) is 13.7 Å². The molecule has 0 saturated carbocycles. The number of benzene rings is 1. The summed E-state index contributed by atoms with van der Waals surface area (Å²) in [5.41, 5.74) is 1.61. The van der Waals surface area contributed by atoms with Gasteiger partial charge in [-0.3, -0.25) is 0 Å². The number of nitrogens with zero attached hydrogens (tertiary/aromatic N) is 1. The Kier molecular flexibility index (Phi) is 3.44. The van der Waals surface area contributed by atoms with Gasteiger partial charge in [0.15, 0.2) is 5.69 Å². The molecule has 0 fully saturated rings. The lowest BCUT2D eigenvalue weighted by molar-refractivity contribution is 0.0593. The van der Waals surface area contributed by atoms with Crippen LogP contribution >= 0.6 is 11.3 Å². The van der Waals surface area contributed by atoms with E-state index < -0.39 is 0 Å². The highest BCUT2D eigenvalue weighted by molar-refractivity contribution is 7.12. The molecular weight excluding hydrogens is 274 g/mol. The third-order valence-corrected chi connectivity index (χ3v) is 4.55. The lowest BCUT2D eigenvalue weighted by atomic mass is 9.97. The van der Waals surface area contributed by atoms with Crippen molar-refractivity contribution < 1.29 is 14.3 Å². The normalized spacial score (nSPS) is 17.2. The van der Waals surface area contributed by atoms with Gasteiger partial charge >= 0.3 is 5.97 Å². The van der Waals surface area contributed by atoms with Gasteiger partial charge in [-0.1, -0.05) is 18.2 Å². The SMILES string of the molecule is COC(=O)c1nc(C2COc3ccccc3C2)sc1C. The van der Waals surface area contributed by atoms with E-state index in [4.69, 9.17) is 9.47 Å². The zero-order chi connectivity index (χ0) is 14.1. The first-order chi connectivity index (χ1) is 9.69. The number of aryl methyl sites for hydroxylation is 1. The minimum absolute atomic E-state index is 0.201. The third-order valence-electron chi connectivity index (χ3n) is 3.42. The molecule has 2 heterocycles. The van der Waals surface area contributed by atoms with Crippen LogP contribution in [0.4, 0.5) is 0 Å². The summed E-state index contributed by atoms with van der Waals surface area (Å²) in [5, 5.41) is 0.942. The molecule has 0 radical (unpaired) electrons. The number of hydrogen-bond donors (Lipinski definition) is 0. The molecule has 1 atom stereocenters. The van der Waals surface area contributed by atoms with Crippen LogP contribution in [0, 0.1) is 6.92 Å². The zero-order valence-electron chi connectivity index (χ0n) is 11.4. The van der Waals surface area contributed by atoms with Crippen LogP contribution in [-0.4, -0.2) is 24.7 Å². The minimum atomic E-state index is -0.373. The number of carbonyl (C=O) groups excluding carboxylic acids is 1. The van der Waals surface area contributed by atoms with Crippen molar-refractivity contribution in [2.75, 3.05) is 13.7 Å². The Bertz CT molecular complexity index is 650. The fourth-order valence-electron chi connectivity index (χ4n) is 2.36. The van der Waals surface area contributed by atoms with Crippen molar-refractivity contribution >= 4 is 17.3 Å². The summed E-state index contributed by atoms with van der Waals surface area (Å²) < 4.78 is 10.5. The molecule has 2 aromatic rings. The molecule has 0 bridgehead atoms. The summed E-state index contributed by atoms with van der Waals surface area (Å²) in [7, 11) is 1.38. The van der Waals surface area contributed by atoms with Gasteiger partial charge in [0.1, 0.15) is 10.8 Å². The van der Waals surface area contributed by atoms with Gasteiger partial charge in [-0.25, -0.2) is 9.78 Å². The van der Waals surface area contributed by atoms with E-state index in [-0.39, 0.29) is 11.9 Å². The molecule has 1 aromatic heterocycles. The number of ether oxygens (including phenoxy) is 2. The maximum absolute atomic E-state index is 11.6. The van der Waals surface area contributed by atoms with Crippen molar-refractivity contribution in [3.63, 3.8) is 0 Å². The Labute approximate surface area is 121 Å². The van der Waals surface area contributed by atoms with Crippen LogP contribution in [0.15, 0.2) is 24.3 Å². The van der Waals surface area contributed by atoms with Crippen LogP contribution in [0.2, 0.25) is 0 Å². The summed E-state index contributed by atoms with van der Waals surface area (Å²) in [4.78, 5) is 17.0. The van der Waals surface area contributed by atoms with E-state index in [1.807, 2.05) is 25.1 Å². The largest absolute Gasteiger partial charge is 0.493 e. The van der Waals surface area contributed by atoms with Gasteiger partial charge in [0.25, 0.3) is 0 Å². The van der Waals surface area contributed by atoms with Gasteiger partial charge in [-0.15, -0.1) is 11.3 Å². The molecule has 0 N–H and O–H groups in total. The van der Waals surface area contributed by atoms with Crippen molar-refractivity contribution in [1.82, 2.24) is 4.98 Å². The van der Waals surface area contributed by atoms with Crippen molar-refractivity contribution in [2.45, 2.75) is 19.3 Å². The highest BCUT2D eigenvalue weighted by Gasteiger charge is 2.26. The van der Waals surface area contributed by atoms with Crippen LogP contribution in [0.25, 0.3) is 0 Å². The number of para-hydroxylation sites is 1. The highest BCUT2D eigenvalue weighted by Crippen LogP contribution is 2.34. The second-order valence-electron chi connectivity index (χ2n) is 4.77. The average Bonchev–Trinajstić information content (AvgIpc) is 2.88. The molecule has 104 valence electrons. The Hall–Kier alpha value is -1.88. The molecule has 0 aliphatic carbocycles. The standard InChI is InChI=1S/C15H15NO3S/c1-9-13(15(17)18-2)16-14(20-9)11-7-10-5-3-4-6-12(10)19-8-11/h3-6,11H,7-8H2,1-2H3. The lowest BCUT2D eigenvalue weighted by Crippen LogP contribution is -2.19. The Morgan fingerprint density at radius 3 is 3.05 bits per heavy atom. The second kappa shape index (κ2) is 5.25. The maximum Gasteiger partial charge on any atom is 0.357 e. The van der Waals surface area contributed by atoms with Gasteiger partial charge in [-0.05, 0) is 25.0 Å². The predicted molar refractivity (Wildman–Crippen MR) is 76.6 cm³/mol. The first-order valence-corrected chi connectivity index (χ1v) is 7.27. The van der Waals surface area contributed by atoms with Crippen molar-refractivity contribution in [3.8, 4) is 5.75 Å². The van der Waals surface area contributed by atoms with E-state index >= 15 is 0 Å². The van der Waals surface area contributed by atoms with E-state index in [9.17, 15) is 4.79 Å².